The normalized spacial score (nSPS) is 11.9. The Hall–Kier alpha value is -2.76. The highest BCUT2D eigenvalue weighted by molar-refractivity contribution is 5.94. The summed E-state index contributed by atoms with van der Waals surface area (Å²) in [6, 6.07) is 11.4. The van der Waals surface area contributed by atoms with Gasteiger partial charge in [0.25, 0.3) is 5.91 Å². The van der Waals surface area contributed by atoms with Gasteiger partial charge in [-0.15, -0.1) is 0 Å². The van der Waals surface area contributed by atoms with Crippen LogP contribution in [-0.2, 0) is 13.0 Å². The number of benzene rings is 1. The number of carbonyl (C=O) groups is 1. The van der Waals surface area contributed by atoms with E-state index < -0.39 is 0 Å². The van der Waals surface area contributed by atoms with E-state index in [9.17, 15) is 4.79 Å². The number of hydrogen-bond acceptors (Lipinski definition) is 3. The van der Waals surface area contributed by atoms with Gasteiger partial charge in [-0.3, -0.25) is 9.79 Å². The number of hydrogen-bond donors (Lipinski definition) is 3. The minimum absolute atomic E-state index is 0.0692. The lowest BCUT2D eigenvalue weighted by molar-refractivity contribution is 0.0919. The SMILES string of the molecule is CN=C(NCCc1ccco1)NCc1cccc(C(=O)NC(C)(C)C)c1. The number of furan rings is 1. The predicted molar refractivity (Wildman–Crippen MR) is 104 cm³/mol. The van der Waals surface area contributed by atoms with Crippen LogP contribution in [-0.4, -0.2) is 31.0 Å². The van der Waals surface area contributed by atoms with Crippen molar-refractivity contribution >= 4 is 11.9 Å². The van der Waals surface area contributed by atoms with E-state index in [1.54, 1.807) is 13.3 Å². The van der Waals surface area contributed by atoms with Crippen molar-refractivity contribution in [2.45, 2.75) is 39.3 Å². The van der Waals surface area contributed by atoms with E-state index in [0.29, 0.717) is 18.1 Å². The monoisotopic (exact) mass is 356 g/mol. The van der Waals surface area contributed by atoms with Gasteiger partial charge in [-0.2, -0.15) is 0 Å². The van der Waals surface area contributed by atoms with Crippen LogP contribution in [0, 0.1) is 0 Å². The Balaban J connectivity index is 1.85. The highest BCUT2D eigenvalue weighted by Gasteiger charge is 2.15. The molecule has 0 bridgehead atoms. The second-order valence-corrected chi connectivity index (χ2v) is 7.09. The van der Waals surface area contributed by atoms with Crippen molar-refractivity contribution in [1.82, 2.24) is 16.0 Å². The zero-order valence-corrected chi connectivity index (χ0v) is 15.9. The fraction of sp³-hybridized carbons (Fsp3) is 0.400. The van der Waals surface area contributed by atoms with Crippen molar-refractivity contribution in [3.8, 4) is 0 Å². The summed E-state index contributed by atoms with van der Waals surface area (Å²) in [7, 11) is 1.73. The maximum atomic E-state index is 12.3. The molecule has 0 spiro atoms. The predicted octanol–water partition coefficient (Wildman–Crippen LogP) is 2.72. The van der Waals surface area contributed by atoms with E-state index in [1.807, 2.05) is 57.2 Å². The maximum absolute atomic E-state index is 12.3. The molecule has 0 atom stereocenters. The summed E-state index contributed by atoms with van der Waals surface area (Å²) < 4.78 is 5.31. The fourth-order valence-corrected chi connectivity index (χ4v) is 2.40. The number of nitrogens with zero attached hydrogens (tertiary/aromatic N) is 1. The van der Waals surface area contributed by atoms with Crippen molar-refractivity contribution in [2.75, 3.05) is 13.6 Å². The lowest BCUT2D eigenvalue weighted by Crippen LogP contribution is -2.40. The molecule has 0 fully saturated rings. The molecule has 0 saturated heterocycles. The van der Waals surface area contributed by atoms with Crippen LogP contribution in [0.4, 0.5) is 0 Å². The van der Waals surface area contributed by atoms with Gasteiger partial charge in [0.2, 0.25) is 0 Å². The summed E-state index contributed by atoms with van der Waals surface area (Å²) in [5.41, 5.74) is 1.41. The summed E-state index contributed by atoms with van der Waals surface area (Å²) >= 11 is 0. The van der Waals surface area contributed by atoms with Crippen LogP contribution in [0.5, 0.6) is 0 Å². The van der Waals surface area contributed by atoms with E-state index in [0.717, 1.165) is 24.3 Å². The number of amides is 1. The lowest BCUT2D eigenvalue weighted by Gasteiger charge is -2.20. The molecule has 0 aliphatic heterocycles. The molecule has 1 aromatic heterocycles. The van der Waals surface area contributed by atoms with E-state index in [-0.39, 0.29) is 11.4 Å². The first-order chi connectivity index (χ1) is 12.4. The Morgan fingerprint density at radius 3 is 2.62 bits per heavy atom. The molecule has 0 unspecified atom stereocenters. The molecule has 6 heteroatoms. The molecule has 6 nitrogen and oxygen atoms in total. The van der Waals surface area contributed by atoms with Crippen LogP contribution in [0.2, 0.25) is 0 Å². The van der Waals surface area contributed by atoms with Crippen LogP contribution < -0.4 is 16.0 Å². The molecule has 0 saturated carbocycles. The third-order valence-electron chi connectivity index (χ3n) is 3.61. The second-order valence-electron chi connectivity index (χ2n) is 7.09. The van der Waals surface area contributed by atoms with Gasteiger partial charge < -0.3 is 20.4 Å². The fourth-order valence-electron chi connectivity index (χ4n) is 2.40. The quantitative estimate of drug-likeness (QED) is 0.549. The molecule has 140 valence electrons. The van der Waals surface area contributed by atoms with Gasteiger partial charge in [0.05, 0.1) is 6.26 Å². The maximum Gasteiger partial charge on any atom is 0.251 e. The van der Waals surface area contributed by atoms with Crippen molar-refractivity contribution < 1.29 is 9.21 Å². The molecule has 2 aromatic rings. The molecular weight excluding hydrogens is 328 g/mol. The molecule has 1 heterocycles. The topological polar surface area (TPSA) is 78.7 Å². The molecule has 0 aliphatic rings. The van der Waals surface area contributed by atoms with E-state index >= 15 is 0 Å². The van der Waals surface area contributed by atoms with Gasteiger partial charge in [-0.25, -0.2) is 0 Å². The van der Waals surface area contributed by atoms with Gasteiger partial charge in [0.1, 0.15) is 5.76 Å². The first-order valence-electron chi connectivity index (χ1n) is 8.76. The molecule has 1 aromatic carbocycles. The van der Waals surface area contributed by atoms with Gasteiger partial charge in [0, 0.05) is 37.7 Å². The van der Waals surface area contributed by atoms with Gasteiger partial charge >= 0.3 is 0 Å². The highest BCUT2D eigenvalue weighted by atomic mass is 16.3. The molecule has 3 N–H and O–H groups in total. The van der Waals surface area contributed by atoms with Crippen molar-refractivity contribution in [3.63, 3.8) is 0 Å². The lowest BCUT2D eigenvalue weighted by atomic mass is 10.1. The van der Waals surface area contributed by atoms with Crippen LogP contribution in [0.1, 0.15) is 42.5 Å². The molecule has 26 heavy (non-hydrogen) atoms. The zero-order chi connectivity index (χ0) is 19.0. The minimum atomic E-state index is -0.259. The summed E-state index contributed by atoms with van der Waals surface area (Å²) in [6.07, 6.45) is 2.46. The van der Waals surface area contributed by atoms with Gasteiger partial charge in [-0.1, -0.05) is 12.1 Å². The zero-order valence-electron chi connectivity index (χ0n) is 15.9. The number of guanidine groups is 1. The Morgan fingerprint density at radius 1 is 1.15 bits per heavy atom. The number of aliphatic imine (C=N–C) groups is 1. The third kappa shape index (κ3) is 6.63. The van der Waals surface area contributed by atoms with Gasteiger partial charge in [-0.05, 0) is 50.6 Å². The molecule has 2 rings (SSSR count). The summed E-state index contributed by atoms with van der Waals surface area (Å²) in [4.78, 5) is 16.5. The summed E-state index contributed by atoms with van der Waals surface area (Å²) in [5, 5.41) is 9.48. The first kappa shape index (κ1) is 19.6. The summed E-state index contributed by atoms with van der Waals surface area (Å²) in [5.74, 6) is 1.58. The minimum Gasteiger partial charge on any atom is -0.469 e. The van der Waals surface area contributed by atoms with E-state index in [2.05, 4.69) is 20.9 Å². The second kappa shape index (κ2) is 9.08. The molecule has 0 radical (unpaired) electrons. The molecular formula is C20H28N4O2. The molecule has 1 amide bonds. The van der Waals surface area contributed by atoms with Crippen LogP contribution >= 0.6 is 0 Å². The largest absolute Gasteiger partial charge is 0.469 e. The Bertz CT molecular complexity index is 731. The number of rotatable bonds is 6. The standard InChI is InChI=1S/C20H28N4O2/c1-20(2,3)24-18(25)16-8-5-7-15(13-16)14-23-19(21-4)22-11-10-17-9-6-12-26-17/h5-9,12-13H,10-11,14H2,1-4H3,(H,24,25)(H2,21,22,23). The van der Waals surface area contributed by atoms with E-state index in [1.165, 1.54) is 0 Å². The van der Waals surface area contributed by atoms with Crippen LogP contribution in [0.15, 0.2) is 52.1 Å². The Labute approximate surface area is 155 Å². The number of nitrogens with one attached hydrogen (secondary N) is 3. The van der Waals surface area contributed by atoms with Crippen LogP contribution in [0.25, 0.3) is 0 Å². The molecule has 0 aliphatic carbocycles. The van der Waals surface area contributed by atoms with E-state index in [4.69, 9.17) is 4.42 Å². The third-order valence-corrected chi connectivity index (χ3v) is 3.61. The Kier molecular flexibility index (Phi) is 6.83. The van der Waals surface area contributed by atoms with Crippen molar-refractivity contribution in [1.29, 1.82) is 0 Å². The average Bonchev–Trinajstić information content (AvgIpc) is 3.10. The highest BCUT2D eigenvalue weighted by Crippen LogP contribution is 2.08. The summed E-state index contributed by atoms with van der Waals surface area (Å²) in [6.45, 7) is 7.20. The smallest absolute Gasteiger partial charge is 0.251 e. The average molecular weight is 356 g/mol. The number of carbonyl (C=O) groups excluding carboxylic acids is 1. The van der Waals surface area contributed by atoms with Gasteiger partial charge in [0.15, 0.2) is 5.96 Å². The Morgan fingerprint density at radius 2 is 1.96 bits per heavy atom. The van der Waals surface area contributed by atoms with Crippen molar-refractivity contribution in [3.05, 3.63) is 59.5 Å². The van der Waals surface area contributed by atoms with Crippen LogP contribution in [0.3, 0.4) is 0 Å². The first-order valence-corrected chi connectivity index (χ1v) is 8.76. The van der Waals surface area contributed by atoms with Crippen molar-refractivity contribution in [2.24, 2.45) is 4.99 Å².